The van der Waals surface area contributed by atoms with Gasteiger partial charge in [0.1, 0.15) is 6.54 Å². The van der Waals surface area contributed by atoms with Crippen LogP contribution in [0.1, 0.15) is 31.2 Å². The van der Waals surface area contributed by atoms with Gasteiger partial charge in [0.15, 0.2) is 0 Å². The summed E-state index contributed by atoms with van der Waals surface area (Å²) in [6, 6.07) is 16.3. The predicted molar refractivity (Wildman–Crippen MR) is 112 cm³/mol. The molecule has 0 bridgehead atoms. The number of aromatic nitrogens is 2. The van der Waals surface area contributed by atoms with Crippen LogP contribution in [-0.4, -0.2) is 41.9 Å². The van der Waals surface area contributed by atoms with E-state index >= 15 is 0 Å². The monoisotopic (exact) mass is 411 g/mol. The van der Waals surface area contributed by atoms with Gasteiger partial charge in [-0.1, -0.05) is 55.3 Å². The third kappa shape index (κ3) is 4.34. The van der Waals surface area contributed by atoms with E-state index in [1.165, 1.54) is 0 Å². The third-order valence-electron chi connectivity index (χ3n) is 5.35. The molecule has 2 heterocycles. The van der Waals surface area contributed by atoms with Gasteiger partial charge in [-0.2, -0.15) is 0 Å². The molecule has 0 atom stereocenters. The van der Waals surface area contributed by atoms with E-state index < -0.39 is 9.84 Å². The van der Waals surface area contributed by atoms with Crippen molar-refractivity contribution in [3.8, 4) is 0 Å². The summed E-state index contributed by atoms with van der Waals surface area (Å²) in [6.07, 6.45) is 4.26. The van der Waals surface area contributed by atoms with E-state index in [0.29, 0.717) is 16.6 Å². The van der Waals surface area contributed by atoms with Crippen molar-refractivity contribution in [2.24, 2.45) is 0 Å². The lowest BCUT2D eigenvalue weighted by molar-refractivity contribution is -0.131. The summed E-state index contributed by atoms with van der Waals surface area (Å²) in [7, 11) is -3.71. The Kier molecular flexibility index (Phi) is 5.67. The van der Waals surface area contributed by atoms with E-state index in [1.807, 2.05) is 41.3 Å². The van der Waals surface area contributed by atoms with Crippen LogP contribution in [0, 0.1) is 0 Å². The van der Waals surface area contributed by atoms with Crippen LogP contribution in [0.2, 0.25) is 0 Å². The van der Waals surface area contributed by atoms with Gasteiger partial charge >= 0.3 is 0 Å². The smallest absolute Gasteiger partial charge is 0.242 e. The first-order chi connectivity index (χ1) is 14.0. The van der Waals surface area contributed by atoms with Gasteiger partial charge in [0.25, 0.3) is 0 Å². The molecular formula is C22H25N3O3S. The molecule has 0 saturated carbocycles. The standard InChI is InChI=1S/C22H25N3O3S/c26-21(24-14-8-1-2-9-15-24)16-25-20-13-7-6-12-19(20)23-22(25)29(27,28)17-18-10-4-3-5-11-18/h3-7,10-13H,1-2,8-9,14-17H2. The third-order valence-corrected chi connectivity index (χ3v) is 6.93. The Hall–Kier alpha value is -2.67. The zero-order chi connectivity index (χ0) is 20.3. The number of para-hydroxylation sites is 2. The van der Waals surface area contributed by atoms with Crippen molar-refractivity contribution < 1.29 is 13.2 Å². The zero-order valence-electron chi connectivity index (χ0n) is 16.3. The van der Waals surface area contributed by atoms with E-state index in [2.05, 4.69) is 4.98 Å². The summed E-state index contributed by atoms with van der Waals surface area (Å²) in [5, 5.41) is -0.0364. The molecule has 3 aromatic rings. The van der Waals surface area contributed by atoms with Crippen LogP contribution < -0.4 is 0 Å². The molecule has 1 aliphatic rings. The van der Waals surface area contributed by atoms with Crippen molar-refractivity contribution in [2.45, 2.75) is 43.1 Å². The van der Waals surface area contributed by atoms with Crippen LogP contribution in [0.25, 0.3) is 11.0 Å². The van der Waals surface area contributed by atoms with Gasteiger partial charge in [0.05, 0.1) is 16.8 Å². The molecule has 0 radical (unpaired) electrons. The van der Waals surface area contributed by atoms with Gasteiger partial charge in [-0.3, -0.25) is 4.79 Å². The molecule has 4 rings (SSSR count). The minimum atomic E-state index is -3.71. The number of nitrogens with zero attached hydrogens (tertiary/aromatic N) is 3. The maximum atomic E-state index is 13.2. The van der Waals surface area contributed by atoms with Gasteiger partial charge < -0.3 is 9.47 Å². The fraction of sp³-hybridized carbons (Fsp3) is 0.364. The van der Waals surface area contributed by atoms with Crippen molar-refractivity contribution in [3.63, 3.8) is 0 Å². The lowest BCUT2D eigenvalue weighted by atomic mass is 10.2. The molecule has 7 heteroatoms. The van der Waals surface area contributed by atoms with Crippen LogP contribution in [0.4, 0.5) is 0 Å². The topological polar surface area (TPSA) is 72.3 Å². The molecule has 1 amide bonds. The van der Waals surface area contributed by atoms with E-state index in [1.54, 1.807) is 22.8 Å². The average Bonchev–Trinajstić information content (AvgIpc) is 2.89. The Morgan fingerprint density at radius 1 is 0.897 bits per heavy atom. The molecule has 1 saturated heterocycles. The number of likely N-dealkylation sites (tertiary alicyclic amines) is 1. The lowest BCUT2D eigenvalue weighted by Gasteiger charge is -2.21. The number of benzene rings is 2. The van der Waals surface area contributed by atoms with Crippen molar-refractivity contribution >= 4 is 26.8 Å². The number of fused-ring (bicyclic) bond motifs is 1. The summed E-state index contributed by atoms with van der Waals surface area (Å²) in [5.74, 6) is -0.194. The Morgan fingerprint density at radius 2 is 1.55 bits per heavy atom. The van der Waals surface area contributed by atoms with Crippen molar-refractivity contribution in [1.82, 2.24) is 14.5 Å². The fourth-order valence-electron chi connectivity index (χ4n) is 3.86. The van der Waals surface area contributed by atoms with Crippen LogP contribution in [0.5, 0.6) is 0 Å². The number of carbonyl (C=O) groups excluding carboxylic acids is 1. The fourth-order valence-corrected chi connectivity index (χ4v) is 5.35. The number of hydrogen-bond acceptors (Lipinski definition) is 4. The molecule has 0 aliphatic carbocycles. The highest BCUT2D eigenvalue weighted by molar-refractivity contribution is 7.90. The zero-order valence-corrected chi connectivity index (χ0v) is 17.1. The van der Waals surface area contributed by atoms with E-state index in [4.69, 9.17) is 0 Å². The SMILES string of the molecule is O=C(Cn1c(S(=O)(=O)Cc2ccccc2)nc2ccccc21)N1CCCCCC1. The van der Waals surface area contributed by atoms with E-state index in [9.17, 15) is 13.2 Å². The molecule has 0 N–H and O–H groups in total. The molecule has 1 fully saturated rings. The molecule has 1 aliphatic heterocycles. The minimum absolute atomic E-state index is 0.0101. The van der Waals surface area contributed by atoms with E-state index in [0.717, 1.165) is 38.8 Å². The number of sulfone groups is 1. The number of amides is 1. The van der Waals surface area contributed by atoms with Gasteiger partial charge in [-0.25, -0.2) is 13.4 Å². The van der Waals surface area contributed by atoms with Gasteiger partial charge in [-0.05, 0) is 30.5 Å². The molecule has 152 valence electrons. The highest BCUT2D eigenvalue weighted by Gasteiger charge is 2.26. The number of rotatable bonds is 5. The molecule has 0 unspecified atom stereocenters. The van der Waals surface area contributed by atoms with Crippen LogP contribution in [-0.2, 0) is 26.9 Å². The number of imidazole rings is 1. The maximum absolute atomic E-state index is 13.2. The second kappa shape index (κ2) is 8.37. The molecule has 1 aromatic heterocycles. The second-order valence-electron chi connectivity index (χ2n) is 7.51. The normalized spacial score (nSPS) is 15.4. The highest BCUT2D eigenvalue weighted by Crippen LogP contribution is 2.23. The second-order valence-corrected chi connectivity index (χ2v) is 9.39. The van der Waals surface area contributed by atoms with Gasteiger partial charge in [0, 0.05) is 13.1 Å². The van der Waals surface area contributed by atoms with Crippen LogP contribution in [0.3, 0.4) is 0 Å². The highest BCUT2D eigenvalue weighted by atomic mass is 32.2. The van der Waals surface area contributed by atoms with Crippen LogP contribution in [0.15, 0.2) is 59.8 Å². The first-order valence-electron chi connectivity index (χ1n) is 10.0. The Bertz CT molecular complexity index is 1100. The summed E-state index contributed by atoms with van der Waals surface area (Å²) < 4.78 is 28.0. The molecule has 6 nitrogen and oxygen atoms in total. The first-order valence-corrected chi connectivity index (χ1v) is 11.7. The summed E-state index contributed by atoms with van der Waals surface area (Å²) in [5.41, 5.74) is 1.95. The quantitative estimate of drug-likeness (QED) is 0.645. The molecule has 29 heavy (non-hydrogen) atoms. The first kappa shape index (κ1) is 19.6. The van der Waals surface area contributed by atoms with E-state index in [-0.39, 0.29) is 23.4 Å². The maximum Gasteiger partial charge on any atom is 0.242 e. The molecule has 0 spiro atoms. The van der Waals surface area contributed by atoms with Gasteiger partial charge in [0.2, 0.25) is 20.9 Å². The van der Waals surface area contributed by atoms with Crippen LogP contribution >= 0.6 is 0 Å². The number of hydrogen-bond donors (Lipinski definition) is 0. The number of carbonyl (C=O) groups is 1. The van der Waals surface area contributed by atoms with Gasteiger partial charge in [-0.15, -0.1) is 0 Å². The molecule has 2 aromatic carbocycles. The lowest BCUT2D eigenvalue weighted by Crippen LogP contribution is -2.35. The van der Waals surface area contributed by atoms with Crippen molar-refractivity contribution in [1.29, 1.82) is 0 Å². The Morgan fingerprint density at radius 3 is 2.28 bits per heavy atom. The average molecular weight is 412 g/mol. The van der Waals surface area contributed by atoms with Crippen molar-refractivity contribution in [2.75, 3.05) is 13.1 Å². The molecular weight excluding hydrogens is 386 g/mol. The summed E-state index contributed by atoms with van der Waals surface area (Å²) in [4.78, 5) is 19.2. The Balaban J connectivity index is 1.70. The Labute approximate surface area is 171 Å². The summed E-state index contributed by atoms with van der Waals surface area (Å²) in [6.45, 7) is 1.46. The predicted octanol–water partition coefficient (Wildman–Crippen LogP) is 3.41. The minimum Gasteiger partial charge on any atom is -0.341 e. The largest absolute Gasteiger partial charge is 0.341 e. The summed E-state index contributed by atoms with van der Waals surface area (Å²) >= 11 is 0. The van der Waals surface area contributed by atoms with Crippen molar-refractivity contribution in [3.05, 3.63) is 60.2 Å².